The molecule has 25 heavy (non-hydrogen) atoms. The van der Waals surface area contributed by atoms with E-state index in [1.54, 1.807) is 24.3 Å². The normalized spacial score (nSPS) is 33.9. The first-order valence-corrected chi connectivity index (χ1v) is 9.33. The molecule has 4 atom stereocenters. The third-order valence-electron chi connectivity index (χ3n) is 4.52. The van der Waals surface area contributed by atoms with Crippen molar-refractivity contribution in [3.63, 3.8) is 0 Å². The van der Waals surface area contributed by atoms with Crippen LogP contribution in [0.1, 0.15) is 27.7 Å². The Morgan fingerprint density at radius 3 is 1.48 bits per heavy atom. The van der Waals surface area contributed by atoms with Crippen LogP contribution in [0, 0.1) is 0 Å². The van der Waals surface area contributed by atoms with E-state index >= 15 is 0 Å². The van der Waals surface area contributed by atoms with Crippen molar-refractivity contribution in [3.8, 4) is 0 Å². The first kappa shape index (κ1) is 19.2. The molecule has 0 fully saturated rings. The van der Waals surface area contributed by atoms with E-state index < -0.39 is 43.5 Å². The molecule has 0 bridgehead atoms. The van der Waals surface area contributed by atoms with Gasteiger partial charge in [0, 0.05) is 13.8 Å². The molecule has 0 aromatic heterocycles. The minimum atomic E-state index is -4.00. The van der Waals surface area contributed by atoms with Crippen LogP contribution in [0.2, 0.25) is 0 Å². The van der Waals surface area contributed by atoms with E-state index in [9.17, 15) is 18.0 Å². The lowest BCUT2D eigenvalue weighted by Crippen LogP contribution is -2.59. The molecular formula is C18H22O6S. The second-order valence-electron chi connectivity index (χ2n) is 6.42. The Bertz CT molecular complexity index is 728. The fourth-order valence-electron chi connectivity index (χ4n) is 3.02. The topological polar surface area (TPSA) is 86.7 Å². The Kier molecular flexibility index (Phi) is 5.09. The highest BCUT2D eigenvalue weighted by atomic mass is 32.2. The van der Waals surface area contributed by atoms with Gasteiger partial charge in [-0.15, -0.1) is 0 Å². The van der Waals surface area contributed by atoms with Crippen molar-refractivity contribution in [3.05, 3.63) is 48.6 Å². The van der Waals surface area contributed by atoms with Crippen LogP contribution in [0.4, 0.5) is 0 Å². The summed E-state index contributed by atoms with van der Waals surface area (Å²) in [5, 5.41) is 0. The predicted molar refractivity (Wildman–Crippen MR) is 93.4 cm³/mol. The molecule has 0 saturated heterocycles. The van der Waals surface area contributed by atoms with Gasteiger partial charge in [0.05, 0.1) is 0 Å². The molecular weight excluding hydrogens is 344 g/mol. The average molecular weight is 366 g/mol. The van der Waals surface area contributed by atoms with Crippen LogP contribution in [-0.2, 0) is 28.9 Å². The number of rotatable bonds is 4. The second-order valence-corrected chi connectivity index (χ2v) is 9.19. The lowest BCUT2D eigenvalue weighted by atomic mass is 9.97. The van der Waals surface area contributed by atoms with Gasteiger partial charge in [0.1, 0.15) is 21.7 Å². The summed E-state index contributed by atoms with van der Waals surface area (Å²) in [5.74, 6) is -1.15. The molecule has 0 saturated carbocycles. The number of allylic oxidation sites excluding steroid dienone is 4. The quantitative estimate of drug-likeness (QED) is 0.708. The van der Waals surface area contributed by atoms with Gasteiger partial charge in [-0.1, -0.05) is 36.5 Å². The first-order valence-electron chi connectivity index (χ1n) is 7.85. The smallest absolute Gasteiger partial charge is 0.303 e. The minimum absolute atomic E-state index is 0.577. The molecule has 7 heteroatoms. The summed E-state index contributed by atoms with van der Waals surface area (Å²) in [6, 6.07) is 0. The third-order valence-corrected chi connectivity index (χ3v) is 7.58. The predicted octanol–water partition coefficient (Wildman–Crippen LogP) is 2.03. The van der Waals surface area contributed by atoms with Crippen molar-refractivity contribution in [2.75, 3.05) is 0 Å². The van der Waals surface area contributed by atoms with Crippen molar-refractivity contribution in [2.24, 2.45) is 0 Å². The van der Waals surface area contributed by atoms with Crippen molar-refractivity contribution >= 4 is 21.8 Å². The molecule has 6 nitrogen and oxygen atoms in total. The number of hydrogen-bond donors (Lipinski definition) is 0. The van der Waals surface area contributed by atoms with Crippen LogP contribution in [0.3, 0.4) is 0 Å². The van der Waals surface area contributed by atoms with E-state index in [0.29, 0.717) is 0 Å². The van der Waals surface area contributed by atoms with Crippen LogP contribution < -0.4 is 0 Å². The first-order chi connectivity index (χ1) is 11.5. The van der Waals surface area contributed by atoms with Gasteiger partial charge in [0.15, 0.2) is 9.84 Å². The van der Waals surface area contributed by atoms with Crippen LogP contribution in [0.5, 0.6) is 0 Å². The minimum Gasteiger partial charge on any atom is -0.456 e. The average Bonchev–Trinajstić information content (AvgIpc) is 2.51. The maximum absolute atomic E-state index is 13.6. The summed E-state index contributed by atoms with van der Waals surface area (Å²) in [6.07, 6.45) is 10.6. The van der Waals surface area contributed by atoms with E-state index in [2.05, 4.69) is 0 Å². The summed E-state index contributed by atoms with van der Waals surface area (Å²) < 4.78 is 34.7. The molecule has 0 aromatic carbocycles. The Morgan fingerprint density at radius 2 is 1.16 bits per heavy atom. The molecule has 0 heterocycles. The summed E-state index contributed by atoms with van der Waals surface area (Å²) in [7, 11) is -4.00. The second kappa shape index (κ2) is 6.63. The summed E-state index contributed by atoms with van der Waals surface area (Å²) >= 11 is 0. The van der Waals surface area contributed by atoms with Gasteiger partial charge in [-0.3, -0.25) is 9.59 Å². The van der Waals surface area contributed by atoms with Gasteiger partial charge >= 0.3 is 11.9 Å². The largest absolute Gasteiger partial charge is 0.456 e. The van der Waals surface area contributed by atoms with Crippen molar-refractivity contribution in [1.29, 1.82) is 0 Å². The lowest BCUT2D eigenvalue weighted by molar-refractivity contribution is -0.145. The molecule has 0 aliphatic heterocycles. The zero-order valence-corrected chi connectivity index (χ0v) is 15.4. The molecule has 0 radical (unpaired) electrons. The van der Waals surface area contributed by atoms with E-state index in [0.717, 1.165) is 0 Å². The number of ether oxygens (including phenoxy) is 2. The highest BCUT2D eigenvalue weighted by molar-refractivity contribution is 7.94. The number of carbonyl (C=O) groups excluding carboxylic acids is 2. The van der Waals surface area contributed by atoms with Crippen LogP contribution in [-0.4, -0.2) is 42.1 Å². The highest BCUT2D eigenvalue weighted by Gasteiger charge is 2.58. The number of sulfone groups is 1. The monoisotopic (exact) mass is 366 g/mol. The maximum atomic E-state index is 13.6. The summed E-state index contributed by atoms with van der Waals surface area (Å²) in [6.45, 7) is 5.45. The van der Waals surface area contributed by atoms with Gasteiger partial charge in [0.2, 0.25) is 0 Å². The Balaban J connectivity index is 2.54. The van der Waals surface area contributed by atoms with Gasteiger partial charge < -0.3 is 9.47 Å². The van der Waals surface area contributed by atoms with Crippen molar-refractivity contribution < 1.29 is 27.5 Å². The van der Waals surface area contributed by atoms with E-state index in [1.165, 1.54) is 52.0 Å². The maximum Gasteiger partial charge on any atom is 0.303 e. The molecule has 4 unspecified atom stereocenters. The highest BCUT2D eigenvalue weighted by Crippen LogP contribution is 2.41. The standard InChI is InChI=1S/C18H22O6S/c1-13(19)23-15-9-5-7-11-17(15,3)25(21,22)18(4)12-8-6-10-16(18)24-14(2)20/h5-12,15-16H,1-4H3. The molecule has 0 aromatic rings. The number of esters is 2. The molecule has 0 spiro atoms. The van der Waals surface area contributed by atoms with E-state index in [4.69, 9.17) is 9.47 Å². The van der Waals surface area contributed by atoms with E-state index in [1.807, 2.05) is 0 Å². The van der Waals surface area contributed by atoms with Crippen molar-refractivity contribution in [1.82, 2.24) is 0 Å². The zero-order valence-electron chi connectivity index (χ0n) is 14.6. The van der Waals surface area contributed by atoms with Gasteiger partial charge in [0.25, 0.3) is 0 Å². The third kappa shape index (κ3) is 3.20. The molecule has 136 valence electrons. The lowest BCUT2D eigenvalue weighted by Gasteiger charge is -2.43. The van der Waals surface area contributed by atoms with Gasteiger partial charge in [-0.2, -0.15) is 0 Å². The van der Waals surface area contributed by atoms with Crippen LogP contribution >= 0.6 is 0 Å². The molecule has 0 N–H and O–H groups in total. The fourth-order valence-corrected chi connectivity index (χ4v) is 5.35. The van der Waals surface area contributed by atoms with Crippen molar-refractivity contribution in [2.45, 2.75) is 49.4 Å². The molecule has 2 rings (SSSR count). The molecule has 2 aliphatic carbocycles. The SMILES string of the molecule is CC(=O)OC1C=CC=CC1(C)S(=O)(=O)C1(C)C=CC=CC1OC(C)=O. The van der Waals surface area contributed by atoms with Gasteiger partial charge in [-0.25, -0.2) is 8.42 Å². The number of hydrogen-bond acceptors (Lipinski definition) is 6. The van der Waals surface area contributed by atoms with Gasteiger partial charge in [-0.05, 0) is 26.0 Å². The Hall–Kier alpha value is -2.15. The Morgan fingerprint density at radius 1 is 0.800 bits per heavy atom. The zero-order chi connectivity index (χ0) is 18.9. The Labute approximate surface area is 147 Å². The molecule has 0 amide bonds. The summed E-state index contributed by atoms with van der Waals surface area (Å²) in [4.78, 5) is 22.8. The number of carbonyl (C=O) groups is 2. The van der Waals surface area contributed by atoms with Crippen LogP contribution in [0.15, 0.2) is 48.6 Å². The molecule has 2 aliphatic rings. The van der Waals surface area contributed by atoms with E-state index in [-0.39, 0.29) is 0 Å². The van der Waals surface area contributed by atoms with Crippen LogP contribution in [0.25, 0.3) is 0 Å². The fraction of sp³-hybridized carbons (Fsp3) is 0.444. The summed E-state index contributed by atoms with van der Waals surface area (Å²) in [5.41, 5.74) is 0.